The van der Waals surface area contributed by atoms with Crippen LogP contribution in [-0.2, 0) is 4.79 Å². The highest BCUT2D eigenvalue weighted by Crippen LogP contribution is 1.94. The lowest BCUT2D eigenvalue weighted by Crippen LogP contribution is -2.21. The Kier molecular flexibility index (Phi) is 1.33. The topological polar surface area (TPSA) is 63.2 Å². The molecule has 5 nitrogen and oxygen atoms in total. The van der Waals surface area contributed by atoms with Gasteiger partial charge in [0.25, 0.3) is 0 Å². The molecule has 1 aliphatic rings. The molecule has 0 atom stereocenters. The van der Waals surface area contributed by atoms with Gasteiger partial charge in [0.2, 0.25) is 0 Å². The van der Waals surface area contributed by atoms with Gasteiger partial charge in [0.1, 0.15) is 12.0 Å². The third-order valence-electron chi connectivity index (χ3n) is 1.24. The largest absolute Gasteiger partial charge is 0.504 e. The minimum Gasteiger partial charge on any atom is -0.253 e. The van der Waals surface area contributed by atoms with E-state index in [0.717, 1.165) is 10.7 Å². The predicted molar refractivity (Wildman–Crippen MR) is 32.3 cm³/mol. The number of rotatable bonds is 0. The van der Waals surface area contributed by atoms with Gasteiger partial charge >= 0.3 is 11.7 Å². The Labute approximate surface area is 56.4 Å². The second kappa shape index (κ2) is 2.02. The molecule has 0 unspecified atom stereocenters. The highest BCUT2D eigenvalue weighted by molar-refractivity contribution is 5.99. The van der Waals surface area contributed by atoms with Crippen molar-refractivity contribution in [3.63, 3.8) is 0 Å². The van der Waals surface area contributed by atoms with Crippen LogP contribution in [0.25, 0.3) is 0 Å². The van der Waals surface area contributed by atoms with Crippen LogP contribution in [0.15, 0.2) is 12.2 Å². The SMILES string of the molecule is C[N+]1=C([N+](=O)[O-])C=CC1=O. The summed E-state index contributed by atoms with van der Waals surface area (Å²) in [6, 6.07) is 0. The van der Waals surface area contributed by atoms with Crippen molar-refractivity contribution in [1.82, 2.24) is 0 Å². The summed E-state index contributed by atoms with van der Waals surface area (Å²) in [5.74, 6) is -0.531. The second-order valence-electron chi connectivity index (χ2n) is 1.85. The maximum Gasteiger partial charge on any atom is 0.504 e. The maximum atomic E-state index is 10.6. The lowest BCUT2D eigenvalue weighted by atomic mass is 10.5. The molecule has 1 amide bonds. The Morgan fingerprint density at radius 1 is 1.60 bits per heavy atom. The van der Waals surface area contributed by atoms with E-state index in [9.17, 15) is 14.9 Å². The van der Waals surface area contributed by atoms with Gasteiger partial charge < -0.3 is 0 Å². The normalized spacial score (nSPS) is 16.7. The first-order valence-electron chi connectivity index (χ1n) is 2.60. The Bertz CT molecular complexity index is 264. The average molecular weight is 141 g/mol. The van der Waals surface area contributed by atoms with E-state index in [4.69, 9.17) is 0 Å². The maximum absolute atomic E-state index is 10.6. The standard InChI is InChI=1S/C5H5N2O3/c1-6-4(7(9)10)2-3-5(6)8/h2-3H,1H3/q+1. The number of carbonyl (C=O) groups excluding carboxylic acids is 1. The minimum atomic E-state index is -0.596. The smallest absolute Gasteiger partial charge is 0.253 e. The van der Waals surface area contributed by atoms with Crippen molar-refractivity contribution in [2.45, 2.75) is 0 Å². The third kappa shape index (κ3) is 0.812. The zero-order valence-electron chi connectivity index (χ0n) is 5.27. The number of hydrogen-bond donors (Lipinski definition) is 0. The van der Waals surface area contributed by atoms with Crippen LogP contribution in [-0.4, -0.2) is 28.3 Å². The van der Waals surface area contributed by atoms with E-state index in [1.54, 1.807) is 0 Å². The highest BCUT2D eigenvalue weighted by Gasteiger charge is 2.31. The molecule has 0 saturated carbocycles. The first kappa shape index (κ1) is 6.60. The van der Waals surface area contributed by atoms with Crippen molar-refractivity contribution in [2.75, 3.05) is 7.05 Å². The summed E-state index contributed by atoms with van der Waals surface area (Å²) in [6.45, 7) is 0. The van der Waals surface area contributed by atoms with Gasteiger partial charge in [0.15, 0.2) is 0 Å². The van der Waals surface area contributed by atoms with Crippen LogP contribution in [0.5, 0.6) is 0 Å². The number of hydrogen-bond acceptors (Lipinski definition) is 3. The van der Waals surface area contributed by atoms with Gasteiger partial charge in [-0.05, 0) is 0 Å². The second-order valence-corrected chi connectivity index (χ2v) is 1.85. The van der Waals surface area contributed by atoms with Crippen LogP contribution in [0.1, 0.15) is 0 Å². The molecule has 0 aromatic carbocycles. The van der Waals surface area contributed by atoms with Crippen LogP contribution in [0, 0.1) is 10.1 Å². The zero-order valence-corrected chi connectivity index (χ0v) is 5.27. The molecule has 0 fully saturated rings. The number of nitrogens with zero attached hydrogens (tertiary/aromatic N) is 2. The third-order valence-corrected chi connectivity index (χ3v) is 1.24. The number of likely N-dealkylation sites (N-methyl/N-ethyl adjacent to an activating group) is 1. The van der Waals surface area contributed by atoms with E-state index < -0.39 is 4.92 Å². The zero-order chi connectivity index (χ0) is 7.72. The van der Waals surface area contributed by atoms with Gasteiger partial charge in [-0.25, -0.2) is 4.79 Å². The summed E-state index contributed by atoms with van der Waals surface area (Å²) in [5, 5.41) is 10.1. The summed E-state index contributed by atoms with van der Waals surface area (Å²) >= 11 is 0. The Morgan fingerprint density at radius 2 is 2.20 bits per heavy atom. The van der Waals surface area contributed by atoms with Crippen LogP contribution in [0.3, 0.4) is 0 Å². The molecule has 0 N–H and O–H groups in total. The quantitative estimate of drug-likeness (QED) is 0.257. The highest BCUT2D eigenvalue weighted by atomic mass is 16.6. The fourth-order valence-electron chi connectivity index (χ4n) is 0.666. The van der Waals surface area contributed by atoms with Gasteiger partial charge in [-0.2, -0.15) is 0 Å². The number of amidine groups is 1. The molecule has 0 aliphatic carbocycles. The number of nitro groups is 1. The van der Waals surface area contributed by atoms with Gasteiger partial charge in [-0.3, -0.25) is 10.1 Å². The summed E-state index contributed by atoms with van der Waals surface area (Å²) in [7, 11) is 1.36. The van der Waals surface area contributed by atoms with Gasteiger partial charge in [0, 0.05) is 0 Å². The minimum absolute atomic E-state index is 0.176. The van der Waals surface area contributed by atoms with E-state index in [-0.39, 0.29) is 11.7 Å². The van der Waals surface area contributed by atoms with Crippen LogP contribution >= 0.6 is 0 Å². The van der Waals surface area contributed by atoms with Gasteiger partial charge in [0.05, 0.1) is 12.2 Å². The molecule has 1 rings (SSSR count). The fourth-order valence-corrected chi connectivity index (χ4v) is 0.666. The molecule has 0 spiro atoms. The lowest BCUT2D eigenvalue weighted by Gasteiger charge is -1.81. The van der Waals surface area contributed by atoms with E-state index >= 15 is 0 Å². The van der Waals surface area contributed by atoms with Gasteiger partial charge in [-0.15, -0.1) is 0 Å². The van der Waals surface area contributed by atoms with E-state index in [1.807, 2.05) is 0 Å². The Balaban J connectivity index is 3.07. The summed E-state index contributed by atoms with van der Waals surface area (Å²) < 4.78 is 0.986. The molecule has 0 bridgehead atoms. The van der Waals surface area contributed by atoms with E-state index in [2.05, 4.69) is 0 Å². The first-order valence-corrected chi connectivity index (χ1v) is 2.60. The molecule has 0 saturated heterocycles. The van der Waals surface area contributed by atoms with Gasteiger partial charge in [-0.1, -0.05) is 4.58 Å². The molecule has 0 aromatic rings. The molecular formula is C5H5N2O3+. The van der Waals surface area contributed by atoms with Crippen LogP contribution in [0.2, 0.25) is 0 Å². The van der Waals surface area contributed by atoms with E-state index in [0.29, 0.717) is 0 Å². The molecule has 0 aromatic heterocycles. The average Bonchev–Trinajstić information content (AvgIpc) is 2.14. The Hall–Kier alpha value is -1.52. The number of carbonyl (C=O) groups is 1. The molecule has 10 heavy (non-hydrogen) atoms. The number of amides is 1. The molecule has 52 valence electrons. The Morgan fingerprint density at radius 3 is 2.40 bits per heavy atom. The van der Waals surface area contributed by atoms with E-state index in [1.165, 1.54) is 13.1 Å². The van der Waals surface area contributed by atoms with Crippen molar-refractivity contribution in [1.29, 1.82) is 0 Å². The van der Waals surface area contributed by atoms with Crippen molar-refractivity contribution in [3.05, 3.63) is 22.3 Å². The van der Waals surface area contributed by atoms with Crippen molar-refractivity contribution in [3.8, 4) is 0 Å². The monoisotopic (exact) mass is 141 g/mol. The molecular weight excluding hydrogens is 136 g/mol. The fraction of sp³-hybridized carbons (Fsp3) is 0.200. The van der Waals surface area contributed by atoms with Crippen LogP contribution < -0.4 is 0 Å². The predicted octanol–water partition coefficient (Wildman–Crippen LogP) is -0.600. The van der Waals surface area contributed by atoms with Crippen molar-refractivity contribution in [2.24, 2.45) is 0 Å². The summed E-state index contributed by atoms with van der Waals surface area (Å²) in [6.07, 6.45) is 2.35. The summed E-state index contributed by atoms with van der Waals surface area (Å²) in [5.41, 5.74) is 0. The lowest BCUT2D eigenvalue weighted by molar-refractivity contribution is -0.485. The van der Waals surface area contributed by atoms with Crippen LogP contribution in [0.4, 0.5) is 0 Å². The summed E-state index contributed by atoms with van der Waals surface area (Å²) in [4.78, 5) is 20.1. The molecule has 1 heterocycles. The molecule has 5 heteroatoms. The van der Waals surface area contributed by atoms with Crippen molar-refractivity contribution < 1.29 is 14.3 Å². The molecule has 0 radical (unpaired) electrons. The first-order chi connectivity index (χ1) is 4.63. The molecule has 1 aliphatic heterocycles. The van der Waals surface area contributed by atoms with Crippen molar-refractivity contribution >= 4 is 11.7 Å².